The molecule has 0 unspecified atom stereocenters. The second-order valence-corrected chi connectivity index (χ2v) is 7.51. The fraction of sp³-hybridized carbons (Fsp3) is 0.0500. The second-order valence-electron chi connectivity index (χ2n) is 5.82. The van der Waals surface area contributed by atoms with Crippen LogP contribution >= 0.6 is 46.4 Å². The van der Waals surface area contributed by atoms with Crippen LogP contribution in [0, 0.1) is 0 Å². The number of rotatable bonds is 4. The molecular weight excluding hydrogens is 428 g/mol. The minimum atomic E-state index is -0.588. The number of phenols is 1. The molecule has 27 heavy (non-hydrogen) atoms. The Morgan fingerprint density at radius 2 is 1.48 bits per heavy atom. The first-order valence-corrected chi connectivity index (χ1v) is 9.37. The molecule has 0 aromatic heterocycles. The van der Waals surface area contributed by atoms with Gasteiger partial charge in [0.2, 0.25) is 0 Å². The molecule has 0 atom stereocenters. The summed E-state index contributed by atoms with van der Waals surface area (Å²) in [4.78, 5) is 12.7. The maximum Gasteiger partial charge on any atom is 0.259 e. The van der Waals surface area contributed by atoms with Gasteiger partial charge in [-0.05, 0) is 29.8 Å². The van der Waals surface area contributed by atoms with Crippen LogP contribution in [0.4, 0.5) is 5.69 Å². The number of amides is 1. The predicted molar refractivity (Wildman–Crippen MR) is 112 cm³/mol. The molecule has 0 radical (unpaired) electrons. The van der Waals surface area contributed by atoms with E-state index in [-0.39, 0.29) is 27.0 Å². The highest BCUT2D eigenvalue weighted by Crippen LogP contribution is 2.35. The molecule has 3 aromatic rings. The summed E-state index contributed by atoms with van der Waals surface area (Å²) in [6.45, 7) is 0. The van der Waals surface area contributed by atoms with Gasteiger partial charge in [0.1, 0.15) is 5.75 Å². The molecular formula is C20H13Cl4NO2. The maximum atomic E-state index is 12.7. The number of benzene rings is 3. The van der Waals surface area contributed by atoms with Crippen LogP contribution in [0.15, 0.2) is 54.6 Å². The number of hydrogen-bond donors (Lipinski definition) is 2. The Morgan fingerprint density at radius 3 is 2.11 bits per heavy atom. The van der Waals surface area contributed by atoms with Gasteiger partial charge in [0.25, 0.3) is 5.91 Å². The van der Waals surface area contributed by atoms with E-state index in [4.69, 9.17) is 46.4 Å². The lowest BCUT2D eigenvalue weighted by Gasteiger charge is -2.13. The minimum Gasteiger partial charge on any atom is -0.507 e. The molecule has 2 N–H and O–H groups in total. The third-order valence-electron chi connectivity index (χ3n) is 3.88. The van der Waals surface area contributed by atoms with Gasteiger partial charge in [-0.3, -0.25) is 4.79 Å². The Hall–Kier alpha value is -1.91. The summed E-state index contributed by atoms with van der Waals surface area (Å²) < 4.78 is 0. The van der Waals surface area contributed by atoms with Gasteiger partial charge in [0, 0.05) is 22.0 Å². The molecule has 7 heteroatoms. The Labute approximate surface area is 176 Å². The normalized spacial score (nSPS) is 10.7. The van der Waals surface area contributed by atoms with Crippen molar-refractivity contribution in [2.45, 2.75) is 6.42 Å². The zero-order chi connectivity index (χ0) is 19.6. The van der Waals surface area contributed by atoms with E-state index in [1.165, 1.54) is 18.2 Å². The average Bonchev–Trinajstić information content (AvgIpc) is 2.61. The summed E-state index contributed by atoms with van der Waals surface area (Å²) in [7, 11) is 0. The first-order chi connectivity index (χ1) is 12.8. The van der Waals surface area contributed by atoms with Crippen molar-refractivity contribution in [3.63, 3.8) is 0 Å². The van der Waals surface area contributed by atoms with Crippen molar-refractivity contribution in [2.24, 2.45) is 0 Å². The third-order valence-corrected chi connectivity index (χ3v) is 4.91. The third kappa shape index (κ3) is 4.69. The number of halogens is 4. The molecule has 0 aliphatic heterocycles. The van der Waals surface area contributed by atoms with Crippen molar-refractivity contribution in [3.05, 3.63) is 91.4 Å². The van der Waals surface area contributed by atoms with Crippen molar-refractivity contribution < 1.29 is 9.90 Å². The summed E-state index contributed by atoms with van der Waals surface area (Å²) >= 11 is 24.2. The Morgan fingerprint density at radius 1 is 0.889 bits per heavy atom. The number of hydrogen-bond acceptors (Lipinski definition) is 2. The van der Waals surface area contributed by atoms with E-state index >= 15 is 0 Å². The summed E-state index contributed by atoms with van der Waals surface area (Å²) in [5, 5.41) is 14.3. The lowest BCUT2D eigenvalue weighted by molar-refractivity contribution is 0.102. The van der Waals surface area contributed by atoms with Crippen molar-refractivity contribution in [2.75, 3.05) is 5.32 Å². The predicted octanol–water partition coefficient (Wildman–Crippen LogP) is 6.85. The zero-order valence-electron chi connectivity index (χ0n) is 13.8. The van der Waals surface area contributed by atoms with Crippen LogP contribution in [0.2, 0.25) is 20.1 Å². The van der Waals surface area contributed by atoms with Crippen LogP contribution in [0.25, 0.3) is 0 Å². The van der Waals surface area contributed by atoms with E-state index in [1.54, 1.807) is 6.07 Å². The number of carbonyl (C=O) groups is 1. The zero-order valence-corrected chi connectivity index (χ0v) is 16.8. The van der Waals surface area contributed by atoms with Crippen LogP contribution in [0.3, 0.4) is 0 Å². The molecule has 3 aromatic carbocycles. The number of carbonyl (C=O) groups excluding carboxylic acids is 1. The van der Waals surface area contributed by atoms with E-state index in [2.05, 4.69) is 5.32 Å². The molecule has 1 amide bonds. The molecule has 0 aliphatic rings. The summed E-state index contributed by atoms with van der Waals surface area (Å²) in [5.74, 6) is -0.739. The first-order valence-electron chi connectivity index (χ1n) is 7.86. The smallest absolute Gasteiger partial charge is 0.259 e. The van der Waals surface area contributed by atoms with Crippen LogP contribution < -0.4 is 5.32 Å². The molecule has 3 rings (SSSR count). The minimum absolute atomic E-state index is 0.0236. The van der Waals surface area contributed by atoms with E-state index in [0.29, 0.717) is 22.0 Å². The fourth-order valence-electron chi connectivity index (χ4n) is 2.62. The molecule has 0 saturated carbocycles. The van der Waals surface area contributed by atoms with Gasteiger partial charge in [-0.15, -0.1) is 0 Å². The Balaban J connectivity index is 1.93. The molecule has 3 nitrogen and oxygen atoms in total. The standard InChI is InChI=1S/C20H13Cl4NO2/c21-13-7-12(6-11-4-2-1-3-5-11)19(26)15(8-13)20(27)25-18-16(23)9-14(22)10-17(18)24/h1-5,7-10,26H,6H2,(H,25,27). The number of aromatic hydroxyl groups is 1. The van der Waals surface area contributed by atoms with Crippen LogP contribution in [0.1, 0.15) is 21.5 Å². The highest BCUT2D eigenvalue weighted by molar-refractivity contribution is 6.42. The quantitative estimate of drug-likeness (QED) is 0.466. The number of phenolic OH excluding ortho intramolecular Hbond substituents is 1. The van der Waals surface area contributed by atoms with Gasteiger partial charge in [0.05, 0.1) is 21.3 Å². The van der Waals surface area contributed by atoms with Crippen LogP contribution in [-0.4, -0.2) is 11.0 Å². The fourth-order valence-corrected chi connectivity index (χ4v) is 3.77. The largest absolute Gasteiger partial charge is 0.507 e. The maximum absolute atomic E-state index is 12.7. The molecule has 0 spiro atoms. The molecule has 0 aliphatic carbocycles. The van der Waals surface area contributed by atoms with Gasteiger partial charge < -0.3 is 10.4 Å². The van der Waals surface area contributed by atoms with Crippen molar-refractivity contribution in [1.29, 1.82) is 0 Å². The van der Waals surface area contributed by atoms with Gasteiger partial charge >= 0.3 is 0 Å². The summed E-state index contributed by atoms with van der Waals surface area (Å²) in [6, 6.07) is 15.5. The second kappa shape index (κ2) is 8.41. The van der Waals surface area contributed by atoms with Crippen LogP contribution in [-0.2, 0) is 6.42 Å². The molecule has 0 saturated heterocycles. The van der Waals surface area contributed by atoms with E-state index in [9.17, 15) is 9.90 Å². The first kappa shape index (κ1) is 19.8. The SMILES string of the molecule is O=C(Nc1c(Cl)cc(Cl)cc1Cl)c1cc(Cl)cc(Cc2ccccc2)c1O. The lowest BCUT2D eigenvalue weighted by atomic mass is 10.0. The molecule has 0 bridgehead atoms. The van der Waals surface area contributed by atoms with E-state index in [1.807, 2.05) is 30.3 Å². The van der Waals surface area contributed by atoms with E-state index in [0.717, 1.165) is 5.56 Å². The monoisotopic (exact) mass is 439 g/mol. The summed E-state index contributed by atoms with van der Waals surface area (Å²) in [6.07, 6.45) is 0.427. The van der Waals surface area contributed by atoms with Crippen LogP contribution in [0.5, 0.6) is 5.75 Å². The van der Waals surface area contributed by atoms with Gasteiger partial charge in [-0.1, -0.05) is 76.7 Å². The van der Waals surface area contributed by atoms with Gasteiger partial charge in [-0.25, -0.2) is 0 Å². The summed E-state index contributed by atoms with van der Waals surface area (Å²) in [5.41, 5.74) is 1.74. The topological polar surface area (TPSA) is 49.3 Å². The average molecular weight is 441 g/mol. The van der Waals surface area contributed by atoms with Crippen molar-refractivity contribution in [3.8, 4) is 5.75 Å². The van der Waals surface area contributed by atoms with Crippen molar-refractivity contribution in [1.82, 2.24) is 0 Å². The van der Waals surface area contributed by atoms with Crippen molar-refractivity contribution >= 4 is 58.0 Å². The molecule has 138 valence electrons. The Kier molecular flexibility index (Phi) is 6.18. The molecule has 0 heterocycles. The number of anilines is 1. The molecule has 0 fully saturated rings. The van der Waals surface area contributed by atoms with Gasteiger partial charge in [0.15, 0.2) is 0 Å². The number of nitrogens with one attached hydrogen (secondary N) is 1. The van der Waals surface area contributed by atoms with E-state index < -0.39 is 5.91 Å². The lowest BCUT2D eigenvalue weighted by Crippen LogP contribution is -2.13. The highest BCUT2D eigenvalue weighted by atomic mass is 35.5. The Bertz CT molecular complexity index is 983. The van der Waals surface area contributed by atoms with Gasteiger partial charge in [-0.2, -0.15) is 0 Å². The highest BCUT2D eigenvalue weighted by Gasteiger charge is 2.19.